The van der Waals surface area contributed by atoms with Gasteiger partial charge in [0.2, 0.25) is 0 Å². The largest absolute Gasteiger partial charge is 0.483 e. The van der Waals surface area contributed by atoms with E-state index in [-0.39, 0.29) is 18.6 Å². The number of nitrogens with two attached hydrogens (primary N) is 1. The molecule has 0 unspecified atom stereocenters. The van der Waals surface area contributed by atoms with Crippen molar-refractivity contribution in [1.82, 2.24) is 4.90 Å². The molecule has 1 amide bonds. The number of nitrogens with zero attached hydrogens (tertiary/aromatic N) is 1. The smallest absolute Gasteiger partial charge is 0.260 e. The first-order chi connectivity index (χ1) is 8.60. The molecule has 1 atom stereocenters. The van der Waals surface area contributed by atoms with Gasteiger partial charge in [-0.2, -0.15) is 0 Å². The summed E-state index contributed by atoms with van der Waals surface area (Å²) < 4.78 is 5.57. The van der Waals surface area contributed by atoms with E-state index in [4.69, 9.17) is 10.5 Å². The molecule has 0 heterocycles. The molecule has 0 saturated carbocycles. The Kier molecular flexibility index (Phi) is 5.65. The van der Waals surface area contributed by atoms with E-state index in [0.29, 0.717) is 18.8 Å². The summed E-state index contributed by atoms with van der Waals surface area (Å²) in [7, 11) is 0. The number of para-hydroxylation sites is 1. The number of carbonyl (C=O) groups is 1. The fourth-order valence-corrected chi connectivity index (χ4v) is 1.80. The van der Waals surface area contributed by atoms with Gasteiger partial charge in [0.15, 0.2) is 6.61 Å². The van der Waals surface area contributed by atoms with Gasteiger partial charge >= 0.3 is 0 Å². The van der Waals surface area contributed by atoms with Gasteiger partial charge in [-0.05, 0) is 26.8 Å². The Balaban J connectivity index is 2.66. The lowest BCUT2D eigenvalue weighted by Gasteiger charge is -2.19. The fraction of sp³-hybridized carbons (Fsp3) is 0.500. The monoisotopic (exact) mass is 250 g/mol. The van der Waals surface area contributed by atoms with E-state index < -0.39 is 0 Å². The van der Waals surface area contributed by atoms with Crippen LogP contribution in [0.25, 0.3) is 0 Å². The molecule has 0 spiro atoms. The highest BCUT2D eigenvalue weighted by Crippen LogP contribution is 2.23. The number of ether oxygens (including phenoxy) is 1. The highest BCUT2D eigenvalue weighted by molar-refractivity contribution is 5.77. The SMILES string of the molecule is CCN(CC)C(=O)COc1ccccc1[C@H](C)N. The van der Waals surface area contributed by atoms with Crippen molar-refractivity contribution in [3.05, 3.63) is 29.8 Å². The van der Waals surface area contributed by atoms with Gasteiger partial charge in [-0.1, -0.05) is 18.2 Å². The summed E-state index contributed by atoms with van der Waals surface area (Å²) in [5.74, 6) is 0.687. The number of hydrogen-bond donors (Lipinski definition) is 1. The topological polar surface area (TPSA) is 55.6 Å². The number of carbonyl (C=O) groups excluding carboxylic acids is 1. The average molecular weight is 250 g/mol. The van der Waals surface area contributed by atoms with Crippen LogP contribution in [0.5, 0.6) is 5.75 Å². The van der Waals surface area contributed by atoms with Gasteiger partial charge in [0.25, 0.3) is 5.91 Å². The minimum absolute atomic E-state index is 0.000484. The molecule has 2 N–H and O–H groups in total. The van der Waals surface area contributed by atoms with Gasteiger partial charge in [-0.15, -0.1) is 0 Å². The molecule has 4 nitrogen and oxygen atoms in total. The summed E-state index contributed by atoms with van der Waals surface area (Å²) in [5.41, 5.74) is 6.78. The van der Waals surface area contributed by atoms with Crippen molar-refractivity contribution >= 4 is 5.91 Å². The molecule has 0 saturated heterocycles. The minimum Gasteiger partial charge on any atom is -0.483 e. The van der Waals surface area contributed by atoms with Crippen LogP contribution in [0.4, 0.5) is 0 Å². The van der Waals surface area contributed by atoms with Crippen molar-refractivity contribution in [2.45, 2.75) is 26.8 Å². The zero-order valence-corrected chi connectivity index (χ0v) is 11.3. The maximum atomic E-state index is 11.8. The molecule has 1 aromatic rings. The number of likely N-dealkylation sites (N-methyl/N-ethyl adjacent to an activating group) is 1. The molecular formula is C14H22N2O2. The lowest BCUT2D eigenvalue weighted by atomic mass is 10.1. The Morgan fingerprint density at radius 2 is 1.94 bits per heavy atom. The normalized spacial score (nSPS) is 12.0. The zero-order valence-electron chi connectivity index (χ0n) is 11.3. The first-order valence-electron chi connectivity index (χ1n) is 6.35. The maximum Gasteiger partial charge on any atom is 0.260 e. The standard InChI is InChI=1S/C14H22N2O2/c1-4-16(5-2)14(17)10-18-13-9-7-6-8-12(13)11(3)15/h6-9,11H,4-5,10,15H2,1-3H3/t11-/m0/s1. The Bertz CT molecular complexity index is 387. The van der Waals surface area contributed by atoms with Crippen LogP contribution in [-0.4, -0.2) is 30.5 Å². The van der Waals surface area contributed by atoms with Crippen molar-refractivity contribution in [3.8, 4) is 5.75 Å². The van der Waals surface area contributed by atoms with Crippen LogP contribution >= 0.6 is 0 Å². The third-order valence-corrected chi connectivity index (χ3v) is 2.88. The minimum atomic E-state index is -0.107. The van der Waals surface area contributed by atoms with Crippen molar-refractivity contribution < 1.29 is 9.53 Å². The second kappa shape index (κ2) is 7.01. The second-order valence-corrected chi connectivity index (χ2v) is 4.18. The van der Waals surface area contributed by atoms with Gasteiger partial charge in [0.1, 0.15) is 5.75 Å². The van der Waals surface area contributed by atoms with Gasteiger partial charge in [0, 0.05) is 24.7 Å². The molecule has 1 rings (SSSR count). The lowest BCUT2D eigenvalue weighted by Crippen LogP contribution is -2.34. The summed E-state index contributed by atoms with van der Waals surface area (Å²) in [4.78, 5) is 13.6. The highest BCUT2D eigenvalue weighted by atomic mass is 16.5. The predicted molar refractivity (Wildman–Crippen MR) is 72.5 cm³/mol. The Morgan fingerprint density at radius 1 is 1.33 bits per heavy atom. The third-order valence-electron chi connectivity index (χ3n) is 2.88. The lowest BCUT2D eigenvalue weighted by molar-refractivity contribution is -0.132. The zero-order chi connectivity index (χ0) is 13.5. The molecule has 18 heavy (non-hydrogen) atoms. The van der Waals surface area contributed by atoms with Crippen molar-refractivity contribution in [2.75, 3.05) is 19.7 Å². The van der Waals surface area contributed by atoms with E-state index in [1.165, 1.54) is 0 Å². The molecule has 0 aliphatic carbocycles. The van der Waals surface area contributed by atoms with Gasteiger partial charge < -0.3 is 15.4 Å². The van der Waals surface area contributed by atoms with E-state index in [1.807, 2.05) is 45.0 Å². The molecule has 0 aromatic heterocycles. The van der Waals surface area contributed by atoms with E-state index in [2.05, 4.69) is 0 Å². The summed E-state index contributed by atoms with van der Waals surface area (Å²) in [6.45, 7) is 7.27. The summed E-state index contributed by atoms with van der Waals surface area (Å²) >= 11 is 0. The fourth-order valence-electron chi connectivity index (χ4n) is 1.80. The molecule has 0 fully saturated rings. The molecule has 0 bridgehead atoms. The molecule has 0 aliphatic heterocycles. The first-order valence-corrected chi connectivity index (χ1v) is 6.35. The Labute approximate surface area is 109 Å². The van der Waals surface area contributed by atoms with Crippen LogP contribution < -0.4 is 10.5 Å². The van der Waals surface area contributed by atoms with E-state index in [9.17, 15) is 4.79 Å². The predicted octanol–water partition coefficient (Wildman–Crippen LogP) is 1.95. The maximum absolute atomic E-state index is 11.8. The van der Waals surface area contributed by atoms with Crippen LogP contribution in [0.1, 0.15) is 32.4 Å². The summed E-state index contributed by atoms with van der Waals surface area (Å²) in [6, 6.07) is 7.45. The van der Waals surface area contributed by atoms with Gasteiger partial charge in [-0.25, -0.2) is 0 Å². The number of amides is 1. The molecule has 0 aliphatic rings. The highest BCUT2D eigenvalue weighted by Gasteiger charge is 2.12. The Morgan fingerprint density at radius 3 is 2.50 bits per heavy atom. The number of benzene rings is 1. The van der Waals surface area contributed by atoms with Crippen LogP contribution in [0.3, 0.4) is 0 Å². The van der Waals surface area contributed by atoms with Crippen LogP contribution in [0.15, 0.2) is 24.3 Å². The number of hydrogen-bond acceptors (Lipinski definition) is 3. The van der Waals surface area contributed by atoms with Crippen molar-refractivity contribution in [3.63, 3.8) is 0 Å². The third kappa shape index (κ3) is 3.74. The average Bonchev–Trinajstić information content (AvgIpc) is 2.38. The van der Waals surface area contributed by atoms with E-state index >= 15 is 0 Å². The summed E-state index contributed by atoms with van der Waals surface area (Å²) in [5, 5.41) is 0. The quantitative estimate of drug-likeness (QED) is 0.839. The second-order valence-electron chi connectivity index (χ2n) is 4.18. The van der Waals surface area contributed by atoms with Gasteiger partial charge in [0.05, 0.1) is 0 Å². The summed E-state index contributed by atoms with van der Waals surface area (Å²) in [6.07, 6.45) is 0. The molecule has 0 radical (unpaired) electrons. The molecule has 1 aromatic carbocycles. The molecule has 4 heteroatoms. The number of rotatable bonds is 6. The molecule has 100 valence electrons. The molecular weight excluding hydrogens is 228 g/mol. The first kappa shape index (κ1) is 14.5. The Hall–Kier alpha value is -1.55. The van der Waals surface area contributed by atoms with Gasteiger partial charge in [-0.3, -0.25) is 4.79 Å². The van der Waals surface area contributed by atoms with Crippen molar-refractivity contribution in [1.29, 1.82) is 0 Å². The van der Waals surface area contributed by atoms with E-state index in [1.54, 1.807) is 4.90 Å². The van der Waals surface area contributed by atoms with Crippen LogP contribution in [-0.2, 0) is 4.79 Å². The van der Waals surface area contributed by atoms with E-state index in [0.717, 1.165) is 5.56 Å². The van der Waals surface area contributed by atoms with Crippen molar-refractivity contribution in [2.24, 2.45) is 5.73 Å². The van der Waals surface area contributed by atoms with Crippen LogP contribution in [0, 0.1) is 0 Å². The van der Waals surface area contributed by atoms with Crippen LogP contribution in [0.2, 0.25) is 0 Å².